The molecule has 0 amide bonds. The van der Waals surface area contributed by atoms with Crippen LogP contribution < -0.4 is 4.74 Å². The molecule has 0 fully saturated rings. The van der Waals surface area contributed by atoms with Crippen molar-refractivity contribution in [2.75, 3.05) is 0 Å². The maximum absolute atomic E-state index is 5.99. The molecule has 2 heterocycles. The molecule has 0 aromatic carbocycles. The van der Waals surface area contributed by atoms with E-state index in [1.54, 1.807) is 6.20 Å². The average Bonchev–Trinajstić information content (AvgIpc) is 2.74. The van der Waals surface area contributed by atoms with Gasteiger partial charge in [-0.2, -0.15) is 5.10 Å². The van der Waals surface area contributed by atoms with Crippen molar-refractivity contribution in [3.05, 3.63) is 28.9 Å². The van der Waals surface area contributed by atoms with Crippen LogP contribution in [0.3, 0.4) is 0 Å². The molecule has 2 aromatic rings. The Morgan fingerprint density at radius 3 is 2.72 bits per heavy atom. The first-order valence-electron chi connectivity index (χ1n) is 5.81. The summed E-state index contributed by atoms with van der Waals surface area (Å²) < 4.78 is 7.40. The molecule has 0 saturated heterocycles. The van der Waals surface area contributed by atoms with Gasteiger partial charge in [-0.1, -0.05) is 18.5 Å². The molecule has 18 heavy (non-hydrogen) atoms. The molecule has 0 saturated carbocycles. The minimum atomic E-state index is 0.265. The van der Waals surface area contributed by atoms with Gasteiger partial charge in [-0.05, 0) is 20.3 Å². The van der Waals surface area contributed by atoms with Crippen LogP contribution in [0.4, 0.5) is 0 Å². The summed E-state index contributed by atoms with van der Waals surface area (Å²) in [5.74, 6) is 0.929. The van der Waals surface area contributed by atoms with Crippen LogP contribution in [0.15, 0.2) is 12.4 Å². The molecule has 96 valence electrons. The Kier molecular flexibility index (Phi) is 3.81. The molecule has 0 bridgehead atoms. The van der Waals surface area contributed by atoms with Crippen molar-refractivity contribution in [3.63, 3.8) is 0 Å². The molecule has 0 radical (unpaired) electrons. The van der Waals surface area contributed by atoms with E-state index >= 15 is 0 Å². The zero-order valence-corrected chi connectivity index (χ0v) is 11.4. The molecule has 0 atom stereocenters. The zero-order chi connectivity index (χ0) is 13.1. The first-order chi connectivity index (χ1) is 8.60. The standard InChI is InChI=1S/C12H15ClN4O/c1-4-5-17-7-10(6-14-17)18-12-11(13)15-8(2)9(3)16-12/h6-7H,4-5H2,1-3H3. The highest BCUT2D eigenvalue weighted by molar-refractivity contribution is 6.30. The van der Waals surface area contributed by atoms with Gasteiger partial charge >= 0.3 is 0 Å². The topological polar surface area (TPSA) is 52.8 Å². The summed E-state index contributed by atoms with van der Waals surface area (Å²) in [6.07, 6.45) is 4.48. The summed E-state index contributed by atoms with van der Waals surface area (Å²) in [5, 5.41) is 4.44. The number of halogens is 1. The van der Waals surface area contributed by atoms with E-state index in [9.17, 15) is 0 Å². The lowest BCUT2D eigenvalue weighted by Gasteiger charge is -2.06. The van der Waals surface area contributed by atoms with Crippen LogP contribution >= 0.6 is 11.6 Å². The maximum atomic E-state index is 5.99. The van der Waals surface area contributed by atoms with Gasteiger partial charge in [0.05, 0.1) is 23.8 Å². The van der Waals surface area contributed by atoms with E-state index in [1.807, 2.05) is 24.7 Å². The fourth-order valence-electron chi connectivity index (χ4n) is 1.48. The van der Waals surface area contributed by atoms with E-state index in [4.69, 9.17) is 16.3 Å². The third-order valence-electron chi connectivity index (χ3n) is 2.51. The summed E-state index contributed by atoms with van der Waals surface area (Å²) in [7, 11) is 0. The quantitative estimate of drug-likeness (QED) is 0.853. The highest BCUT2D eigenvalue weighted by Gasteiger charge is 2.10. The normalized spacial score (nSPS) is 10.7. The summed E-state index contributed by atoms with van der Waals surface area (Å²) in [6.45, 7) is 6.67. The van der Waals surface area contributed by atoms with E-state index < -0.39 is 0 Å². The lowest BCUT2D eigenvalue weighted by Crippen LogP contribution is -1.97. The van der Waals surface area contributed by atoms with Crippen molar-refractivity contribution in [2.24, 2.45) is 0 Å². The van der Waals surface area contributed by atoms with Gasteiger partial charge in [-0.25, -0.2) is 9.97 Å². The van der Waals surface area contributed by atoms with Gasteiger partial charge in [0, 0.05) is 6.54 Å². The van der Waals surface area contributed by atoms with Crippen molar-refractivity contribution >= 4 is 11.6 Å². The number of rotatable bonds is 4. The van der Waals surface area contributed by atoms with Crippen molar-refractivity contribution in [2.45, 2.75) is 33.7 Å². The predicted octanol–water partition coefficient (Wildman–Crippen LogP) is 3.15. The van der Waals surface area contributed by atoms with Gasteiger partial charge < -0.3 is 4.74 Å². The number of hydrogen-bond donors (Lipinski definition) is 0. The van der Waals surface area contributed by atoms with E-state index in [0.29, 0.717) is 11.6 Å². The largest absolute Gasteiger partial charge is 0.433 e. The Balaban J connectivity index is 2.20. The van der Waals surface area contributed by atoms with Crippen LogP contribution in [0.2, 0.25) is 5.15 Å². The molecule has 0 aliphatic rings. The number of aryl methyl sites for hydroxylation is 3. The zero-order valence-electron chi connectivity index (χ0n) is 10.6. The van der Waals surface area contributed by atoms with Gasteiger partial charge in [0.1, 0.15) is 0 Å². The molecule has 2 aromatic heterocycles. The average molecular weight is 267 g/mol. The van der Waals surface area contributed by atoms with Gasteiger partial charge in [-0.15, -0.1) is 0 Å². The fraction of sp³-hybridized carbons (Fsp3) is 0.417. The van der Waals surface area contributed by atoms with Crippen molar-refractivity contribution in [1.82, 2.24) is 19.7 Å². The Morgan fingerprint density at radius 1 is 1.28 bits per heavy atom. The van der Waals surface area contributed by atoms with Crippen LogP contribution in [0.25, 0.3) is 0 Å². The highest BCUT2D eigenvalue weighted by atomic mass is 35.5. The van der Waals surface area contributed by atoms with Crippen LogP contribution in [0.1, 0.15) is 24.7 Å². The third-order valence-corrected chi connectivity index (χ3v) is 2.76. The van der Waals surface area contributed by atoms with Crippen molar-refractivity contribution in [1.29, 1.82) is 0 Å². The summed E-state index contributed by atoms with van der Waals surface area (Å²) in [4.78, 5) is 8.43. The van der Waals surface area contributed by atoms with Crippen molar-refractivity contribution < 1.29 is 4.74 Å². The van der Waals surface area contributed by atoms with Crippen LogP contribution in [0, 0.1) is 13.8 Å². The lowest BCUT2D eigenvalue weighted by atomic mass is 10.3. The second-order valence-corrected chi connectivity index (χ2v) is 4.39. The predicted molar refractivity (Wildman–Crippen MR) is 69.1 cm³/mol. The van der Waals surface area contributed by atoms with Gasteiger partial charge in [-0.3, -0.25) is 4.68 Å². The fourth-order valence-corrected chi connectivity index (χ4v) is 1.69. The van der Waals surface area contributed by atoms with Gasteiger partial charge in [0.2, 0.25) is 0 Å². The molecule has 0 aliphatic heterocycles. The third kappa shape index (κ3) is 2.79. The van der Waals surface area contributed by atoms with Crippen LogP contribution in [-0.4, -0.2) is 19.7 Å². The molecule has 0 N–H and O–H groups in total. The van der Waals surface area contributed by atoms with Crippen LogP contribution in [0.5, 0.6) is 11.6 Å². The first-order valence-corrected chi connectivity index (χ1v) is 6.19. The van der Waals surface area contributed by atoms with Gasteiger partial charge in [0.25, 0.3) is 5.88 Å². The van der Waals surface area contributed by atoms with E-state index in [-0.39, 0.29) is 5.15 Å². The smallest absolute Gasteiger partial charge is 0.258 e. The Labute approximate surface area is 111 Å². The summed E-state index contributed by atoms with van der Waals surface area (Å²) in [5.41, 5.74) is 1.60. The van der Waals surface area contributed by atoms with E-state index in [1.165, 1.54) is 0 Å². The molecule has 0 spiro atoms. The minimum absolute atomic E-state index is 0.265. The second kappa shape index (κ2) is 5.35. The molecule has 6 heteroatoms. The molecule has 2 rings (SSSR count). The first kappa shape index (κ1) is 12.8. The SMILES string of the molecule is CCCn1cc(Oc2nc(C)c(C)nc2Cl)cn1. The second-order valence-electron chi connectivity index (χ2n) is 4.03. The minimum Gasteiger partial charge on any atom is -0.433 e. The molecule has 5 nitrogen and oxygen atoms in total. The van der Waals surface area contributed by atoms with E-state index in [0.717, 1.165) is 24.4 Å². The number of ether oxygens (including phenoxy) is 1. The Bertz CT molecular complexity index is 553. The Hall–Kier alpha value is -1.62. The highest BCUT2D eigenvalue weighted by Crippen LogP contribution is 2.26. The lowest BCUT2D eigenvalue weighted by molar-refractivity contribution is 0.457. The van der Waals surface area contributed by atoms with Gasteiger partial charge in [0.15, 0.2) is 10.9 Å². The maximum Gasteiger partial charge on any atom is 0.258 e. The molecule has 0 aliphatic carbocycles. The van der Waals surface area contributed by atoms with Crippen molar-refractivity contribution in [3.8, 4) is 11.6 Å². The Morgan fingerprint density at radius 2 is 2.00 bits per heavy atom. The number of aromatic nitrogens is 4. The number of hydrogen-bond acceptors (Lipinski definition) is 4. The molecular weight excluding hydrogens is 252 g/mol. The number of nitrogens with zero attached hydrogens (tertiary/aromatic N) is 4. The summed E-state index contributed by atoms with van der Waals surface area (Å²) >= 11 is 5.99. The molecule has 0 unspecified atom stereocenters. The van der Waals surface area contributed by atoms with E-state index in [2.05, 4.69) is 22.0 Å². The summed E-state index contributed by atoms with van der Waals surface area (Å²) in [6, 6.07) is 0. The molecular formula is C12H15ClN4O. The monoisotopic (exact) mass is 266 g/mol. The van der Waals surface area contributed by atoms with Crippen LogP contribution in [-0.2, 0) is 6.54 Å².